The van der Waals surface area contributed by atoms with E-state index in [2.05, 4.69) is 0 Å². The van der Waals surface area contributed by atoms with E-state index in [1.165, 1.54) is 0 Å². The molecular weight excluding hydrogens is 198 g/mol. The van der Waals surface area contributed by atoms with Crippen molar-refractivity contribution in [1.29, 1.82) is 0 Å². The summed E-state index contributed by atoms with van der Waals surface area (Å²) < 4.78 is 5.08. The van der Waals surface area contributed by atoms with E-state index in [1.807, 2.05) is 0 Å². The zero-order valence-electron chi connectivity index (χ0n) is 9.61. The van der Waals surface area contributed by atoms with Crippen molar-refractivity contribution in [2.24, 2.45) is 11.7 Å². The van der Waals surface area contributed by atoms with Gasteiger partial charge in [0.15, 0.2) is 0 Å². The Balaban J connectivity index is 4.55. The van der Waals surface area contributed by atoms with Gasteiger partial charge >= 0.3 is 11.9 Å². The summed E-state index contributed by atoms with van der Waals surface area (Å²) >= 11 is 0. The molecule has 0 bridgehead atoms. The summed E-state index contributed by atoms with van der Waals surface area (Å²) in [4.78, 5) is 22.2. The minimum absolute atomic E-state index is 0.350. The van der Waals surface area contributed by atoms with Crippen LogP contribution in [0.3, 0.4) is 0 Å². The molecule has 3 N–H and O–H groups in total. The monoisotopic (exact) mass is 217 g/mol. The van der Waals surface area contributed by atoms with E-state index in [0.717, 1.165) is 0 Å². The molecule has 2 atom stereocenters. The molecule has 0 aromatic carbocycles. The Kier molecular flexibility index (Phi) is 4.74. The van der Waals surface area contributed by atoms with Crippen LogP contribution in [0.15, 0.2) is 0 Å². The number of carboxylic acids is 1. The van der Waals surface area contributed by atoms with E-state index in [-0.39, 0.29) is 0 Å². The third-order valence-corrected chi connectivity index (χ3v) is 1.87. The van der Waals surface area contributed by atoms with Crippen LogP contribution in [-0.2, 0) is 14.3 Å². The summed E-state index contributed by atoms with van der Waals surface area (Å²) in [6, 6.07) is -1.20. The van der Waals surface area contributed by atoms with Crippen LogP contribution in [0.1, 0.15) is 34.1 Å². The number of carboxylic acid groups (broad SMARTS) is 1. The number of rotatable bonds is 4. The maximum Gasteiger partial charge on any atom is 0.321 e. The molecule has 0 rings (SSSR count). The maximum atomic E-state index is 11.6. The predicted octanol–water partition coefficient (Wildman–Crippen LogP) is 0.766. The van der Waals surface area contributed by atoms with E-state index in [4.69, 9.17) is 15.6 Å². The van der Waals surface area contributed by atoms with Crippen molar-refractivity contribution in [1.82, 2.24) is 0 Å². The average Bonchev–Trinajstić information content (AvgIpc) is 2.01. The molecular formula is C10H19NO4. The van der Waals surface area contributed by atoms with Gasteiger partial charge in [0.05, 0.1) is 5.92 Å². The fourth-order valence-electron chi connectivity index (χ4n) is 1.12. The van der Waals surface area contributed by atoms with Gasteiger partial charge in [-0.15, -0.1) is 0 Å². The highest BCUT2D eigenvalue weighted by molar-refractivity contribution is 5.83. The molecule has 0 radical (unpaired) electrons. The molecule has 0 unspecified atom stereocenters. The SMILES string of the molecule is CC[C@H](C(=O)OC(C)(C)C)[C@H](N)C(=O)O. The number of carbonyl (C=O) groups excluding carboxylic acids is 1. The highest BCUT2D eigenvalue weighted by atomic mass is 16.6. The number of aliphatic carboxylic acids is 1. The summed E-state index contributed by atoms with van der Waals surface area (Å²) in [5.41, 5.74) is 4.77. The largest absolute Gasteiger partial charge is 0.480 e. The normalized spacial score (nSPS) is 15.5. The smallest absolute Gasteiger partial charge is 0.321 e. The van der Waals surface area contributed by atoms with Crippen molar-refractivity contribution in [2.45, 2.75) is 45.8 Å². The topological polar surface area (TPSA) is 89.6 Å². The molecule has 5 heteroatoms. The summed E-state index contributed by atoms with van der Waals surface area (Å²) in [7, 11) is 0. The second-order valence-electron chi connectivity index (χ2n) is 4.41. The quantitative estimate of drug-likeness (QED) is 0.679. The van der Waals surface area contributed by atoms with Crippen LogP contribution in [0, 0.1) is 5.92 Å². The second kappa shape index (κ2) is 5.11. The van der Waals surface area contributed by atoms with Crippen molar-refractivity contribution in [3.63, 3.8) is 0 Å². The first-order chi connectivity index (χ1) is 6.69. The number of hydrogen-bond acceptors (Lipinski definition) is 4. The van der Waals surface area contributed by atoms with Crippen LogP contribution in [-0.4, -0.2) is 28.7 Å². The standard InChI is InChI=1S/C10H19NO4/c1-5-6(7(11)8(12)13)9(14)15-10(2,3)4/h6-7H,5,11H2,1-4H3,(H,12,13)/t6-,7-/m0/s1. The first-order valence-electron chi connectivity index (χ1n) is 4.90. The molecule has 0 aliphatic heterocycles. The van der Waals surface area contributed by atoms with E-state index in [0.29, 0.717) is 6.42 Å². The zero-order valence-corrected chi connectivity index (χ0v) is 9.61. The van der Waals surface area contributed by atoms with Gasteiger partial charge in [-0.05, 0) is 27.2 Å². The van der Waals surface area contributed by atoms with Crippen molar-refractivity contribution < 1.29 is 19.4 Å². The summed E-state index contributed by atoms with van der Waals surface area (Å²) in [5.74, 6) is -2.53. The fraction of sp³-hybridized carbons (Fsp3) is 0.800. The van der Waals surface area contributed by atoms with Crippen molar-refractivity contribution >= 4 is 11.9 Å². The molecule has 0 aliphatic carbocycles. The van der Waals surface area contributed by atoms with E-state index < -0.39 is 29.5 Å². The molecule has 0 amide bonds. The minimum atomic E-state index is -1.20. The van der Waals surface area contributed by atoms with Crippen molar-refractivity contribution in [2.75, 3.05) is 0 Å². The first kappa shape index (κ1) is 13.9. The minimum Gasteiger partial charge on any atom is -0.480 e. The Labute approximate surface area is 89.6 Å². The van der Waals surface area contributed by atoms with Gasteiger partial charge in [0, 0.05) is 0 Å². The average molecular weight is 217 g/mol. The van der Waals surface area contributed by atoms with E-state index >= 15 is 0 Å². The van der Waals surface area contributed by atoms with Gasteiger partial charge in [-0.3, -0.25) is 9.59 Å². The molecule has 0 saturated carbocycles. The number of esters is 1. The number of ether oxygens (including phenoxy) is 1. The van der Waals surface area contributed by atoms with Crippen molar-refractivity contribution in [3.05, 3.63) is 0 Å². The Hall–Kier alpha value is -1.10. The fourth-order valence-corrected chi connectivity index (χ4v) is 1.12. The molecule has 0 spiro atoms. The van der Waals surface area contributed by atoms with Crippen LogP contribution < -0.4 is 5.73 Å². The molecule has 0 heterocycles. The summed E-state index contributed by atoms with van der Waals surface area (Å²) in [6.45, 7) is 6.88. The molecule has 15 heavy (non-hydrogen) atoms. The first-order valence-corrected chi connectivity index (χ1v) is 4.90. The van der Waals surface area contributed by atoms with Crippen LogP contribution >= 0.6 is 0 Å². The number of hydrogen-bond donors (Lipinski definition) is 2. The van der Waals surface area contributed by atoms with Crippen LogP contribution in [0.4, 0.5) is 0 Å². The van der Waals surface area contributed by atoms with Crippen LogP contribution in [0.5, 0.6) is 0 Å². The Morgan fingerprint density at radius 3 is 2.13 bits per heavy atom. The van der Waals surface area contributed by atoms with Gasteiger partial charge in [0.1, 0.15) is 11.6 Å². The van der Waals surface area contributed by atoms with Gasteiger partial charge in [0.2, 0.25) is 0 Å². The maximum absolute atomic E-state index is 11.6. The highest BCUT2D eigenvalue weighted by Gasteiger charge is 2.32. The highest BCUT2D eigenvalue weighted by Crippen LogP contribution is 2.15. The van der Waals surface area contributed by atoms with Gasteiger partial charge in [-0.2, -0.15) is 0 Å². The lowest BCUT2D eigenvalue weighted by Gasteiger charge is -2.24. The lowest BCUT2D eigenvalue weighted by atomic mass is 9.97. The molecule has 0 aliphatic rings. The van der Waals surface area contributed by atoms with Crippen LogP contribution in [0.25, 0.3) is 0 Å². The third kappa shape index (κ3) is 4.78. The molecule has 0 aromatic rings. The predicted molar refractivity (Wildman–Crippen MR) is 55.2 cm³/mol. The van der Waals surface area contributed by atoms with Gasteiger partial charge in [-0.25, -0.2) is 0 Å². The van der Waals surface area contributed by atoms with E-state index in [9.17, 15) is 9.59 Å². The molecule has 0 saturated heterocycles. The van der Waals surface area contributed by atoms with Gasteiger partial charge < -0.3 is 15.6 Å². The molecule has 5 nitrogen and oxygen atoms in total. The summed E-state index contributed by atoms with van der Waals surface area (Å²) in [5, 5.41) is 8.70. The number of nitrogens with two attached hydrogens (primary N) is 1. The van der Waals surface area contributed by atoms with Crippen molar-refractivity contribution in [3.8, 4) is 0 Å². The molecule has 88 valence electrons. The lowest BCUT2D eigenvalue weighted by Crippen LogP contribution is -2.44. The van der Waals surface area contributed by atoms with E-state index in [1.54, 1.807) is 27.7 Å². The number of carbonyl (C=O) groups is 2. The molecule has 0 aromatic heterocycles. The Morgan fingerprint density at radius 2 is 1.87 bits per heavy atom. The summed E-state index contributed by atoms with van der Waals surface area (Å²) in [6.07, 6.45) is 0.350. The molecule has 0 fully saturated rings. The third-order valence-electron chi connectivity index (χ3n) is 1.87. The Morgan fingerprint density at radius 1 is 1.40 bits per heavy atom. The Bertz CT molecular complexity index is 244. The van der Waals surface area contributed by atoms with Crippen LogP contribution in [0.2, 0.25) is 0 Å². The second-order valence-corrected chi connectivity index (χ2v) is 4.41. The zero-order chi connectivity index (χ0) is 12.2. The van der Waals surface area contributed by atoms with Gasteiger partial charge in [-0.1, -0.05) is 6.92 Å². The lowest BCUT2D eigenvalue weighted by molar-refractivity contribution is -0.164. The van der Waals surface area contributed by atoms with Gasteiger partial charge in [0.25, 0.3) is 0 Å².